The highest BCUT2D eigenvalue weighted by Crippen LogP contribution is 2.30. The van der Waals surface area contributed by atoms with Crippen LogP contribution in [-0.4, -0.2) is 41.3 Å². The summed E-state index contributed by atoms with van der Waals surface area (Å²) in [6.07, 6.45) is 1.02. The molecule has 2 N–H and O–H groups in total. The van der Waals surface area contributed by atoms with Crippen molar-refractivity contribution in [3.05, 3.63) is 18.2 Å². The van der Waals surface area contributed by atoms with Gasteiger partial charge in [-0.05, 0) is 38.9 Å². The van der Waals surface area contributed by atoms with Crippen LogP contribution in [0.1, 0.15) is 27.2 Å². The second kappa shape index (κ2) is 11.5. The zero-order chi connectivity index (χ0) is 16.4. The second-order valence-corrected chi connectivity index (χ2v) is 6.39. The Balaban J connectivity index is 0.00000484. The molecule has 1 aromatic carbocycles. The van der Waals surface area contributed by atoms with E-state index < -0.39 is 10.0 Å². The molecule has 0 aromatic heterocycles. The van der Waals surface area contributed by atoms with E-state index in [1.165, 1.54) is 12.1 Å². The second-order valence-electron chi connectivity index (χ2n) is 4.62. The summed E-state index contributed by atoms with van der Waals surface area (Å²) in [6, 6.07) is 4.64. The Morgan fingerprint density at radius 1 is 0.957 bits per heavy atom. The summed E-state index contributed by atoms with van der Waals surface area (Å²) in [5.41, 5.74) is 0. The smallest absolute Gasteiger partial charge is 0.240 e. The Bertz CT molecular complexity index is 552. The summed E-state index contributed by atoms with van der Waals surface area (Å²) in [6.45, 7) is 8.53. The normalized spacial score (nSPS) is 10.9. The van der Waals surface area contributed by atoms with Gasteiger partial charge in [-0.25, -0.2) is 13.1 Å². The van der Waals surface area contributed by atoms with E-state index in [0.717, 1.165) is 13.0 Å². The van der Waals surface area contributed by atoms with Gasteiger partial charge >= 0.3 is 0 Å². The fourth-order valence-electron chi connectivity index (χ4n) is 1.86. The summed E-state index contributed by atoms with van der Waals surface area (Å²) < 4.78 is 38.0. The monoisotopic (exact) mass is 366 g/mol. The highest BCUT2D eigenvalue weighted by molar-refractivity contribution is 7.89. The molecule has 0 atom stereocenters. The lowest BCUT2D eigenvalue weighted by molar-refractivity contribution is 0.287. The number of rotatable bonds is 11. The number of ether oxygens (including phenoxy) is 2. The molecule has 0 bridgehead atoms. The van der Waals surface area contributed by atoms with Crippen molar-refractivity contribution < 1.29 is 17.9 Å². The van der Waals surface area contributed by atoms with Gasteiger partial charge in [0.15, 0.2) is 11.5 Å². The minimum absolute atomic E-state index is 0. The van der Waals surface area contributed by atoms with E-state index in [4.69, 9.17) is 9.47 Å². The maximum absolute atomic E-state index is 12.3. The minimum atomic E-state index is -3.55. The fraction of sp³-hybridized carbons (Fsp3) is 0.600. The molecule has 0 saturated heterocycles. The molecule has 0 spiro atoms. The van der Waals surface area contributed by atoms with Crippen LogP contribution in [0.15, 0.2) is 23.1 Å². The van der Waals surface area contributed by atoms with Gasteiger partial charge in [0, 0.05) is 19.2 Å². The van der Waals surface area contributed by atoms with E-state index in [-0.39, 0.29) is 17.3 Å². The average Bonchev–Trinajstić information content (AvgIpc) is 2.49. The largest absolute Gasteiger partial charge is 0.490 e. The van der Waals surface area contributed by atoms with Crippen LogP contribution < -0.4 is 19.5 Å². The maximum Gasteiger partial charge on any atom is 0.240 e. The molecule has 0 radical (unpaired) electrons. The van der Waals surface area contributed by atoms with Crippen molar-refractivity contribution in [2.75, 3.05) is 32.8 Å². The number of halogens is 1. The first-order valence-electron chi connectivity index (χ1n) is 7.65. The average molecular weight is 367 g/mol. The van der Waals surface area contributed by atoms with E-state index in [1.54, 1.807) is 6.07 Å². The lowest BCUT2D eigenvalue weighted by Crippen LogP contribution is -2.32. The van der Waals surface area contributed by atoms with Crippen molar-refractivity contribution in [3.8, 4) is 11.5 Å². The van der Waals surface area contributed by atoms with Crippen molar-refractivity contribution in [3.63, 3.8) is 0 Å². The van der Waals surface area contributed by atoms with Gasteiger partial charge in [-0.15, -0.1) is 12.4 Å². The van der Waals surface area contributed by atoms with Crippen molar-refractivity contribution in [1.29, 1.82) is 0 Å². The van der Waals surface area contributed by atoms with Crippen molar-refractivity contribution in [2.45, 2.75) is 32.1 Å². The maximum atomic E-state index is 12.3. The Morgan fingerprint density at radius 2 is 1.61 bits per heavy atom. The lowest BCUT2D eigenvalue weighted by Gasteiger charge is -2.13. The highest BCUT2D eigenvalue weighted by Gasteiger charge is 2.16. The molecular formula is C15H27ClN2O4S. The van der Waals surface area contributed by atoms with Gasteiger partial charge < -0.3 is 14.8 Å². The predicted octanol–water partition coefficient (Wildman–Crippen LogP) is 2.18. The number of nitrogens with one attached hydrogen (secondary N) is 2. The third-order valence-electron chi connectivity index (χ3n) is 2.85. The molecule has 6 nitrogen and oxygen atoms in total. The Hall–Kier alpha value is -1.02. The third kappa shape index (κ3) is 7.39. The van der Waals surface area contributed by atoms with Gasteiger partial charge in [0.1, 0.15) is 0 Å². The van der Waals surface area contributed by atoms with Crippen LogP contribution in [0.2, 0.25) is 0 Å². The number of hydrogen-bond donors (Lipinski definition) is 2. The summed E-state index contributed by atoms with van der Waals surface area (Å²) in [5, 5.41) is 3.15. The summed E-state index contributed by atoms with van der Waals surface area (Å²) in [4.78, 5) is 0.176. The highest BCUT2D eigenvalue weighted by atomic mass is 35.5. The Morgan fingerprint density at radius 3 is 2.22 bits per heavy atom. The van der Waals surface area contributed by atoms with Crippen LogP contribution in [0.25, 0.3) is 0 Å². The van der Waals surface area contributed by atoms with E-state index in [0.29, 0.717) is 37.8 Å². The topological polar surface area (TPSA) is 76.7 Å². The quantitative estimate of drug-likeness (QED) is 0.587. The molecule has 0 aliphatic rings. The number of benzene rings is 1. The third-order valence-corrected chi connectivity index (χ3v) is 4.30. The minimum Gasteiger partial charge on any atom is -0.490 e. The van der Waals surface area contributed by atoms with Crippen molar-refractivity contribution >= 4 is 22.4 Å². The van der Waals surface area contributed by atoms with Gasteiger partial charge in [-0.2, -0.15) is 0 Å². The van der Waals surface area contributed by atoms with E-state index in [1.807, 2.05) is 13.8 Å². The summed E-state index contributed by atoms with van der Waals surface area (Å²) in [7, 11) is -3.55. The van der Waals surface area contributed by atoms with E-state index in [9.17, 15) is 8.42 Å². The zero-order valence-electron chi connectivity index (χ0n) is 13.9. The number of hydrogen-bond acceptors (Lipinski definition) is 5. The van der Waals surface area contributed by atoms with Gasteiger partial charge in [-0.3, -0.25) is 0 Å². The molecule has 134 valence electrons. The molecule has 0 unspecified atom stereocenters. The van der Waals surface area contributed by atoms with Gasteiger partial charge in [0.2, 0.25) is 10.0 Å². The summed E-state index contributed by atoms with van der Waals surface area (Å²) >= 11 is 0. The predicted molar refractivity (Wildman–Crippen MR) is 94.4 cm³/mol. The Kier molecular flexibility index (Phi) is 11.0. The molecule has 0 aliphatic carbocycles. The van der Waals surface area contributed by atoms with Crippen LogP contribution in [0, 0.1) is 0 Å². The molecular weight excluding hydrogens is 340 g/mol. The number of sulfonamides is 1. The van der Waals surface area contributed by atoms with Crippen LogP contribution in [0.3, 0.4) is 0 Å². The molecule has 8 heteroatoms. The van der Waals surface area contributed by atoms with Crippen LogP contribution in [0.4, 0.5) is 0 Å². The molecule has 0 fully saturated rings. The first-order chi connectivity index (χ1) is 10.5. The van der Waals surface area contributed by atoms with Crippen molar-refractivity contribution in [2.24, 2.45) is 0 Å². The molecule has 1 rings (SSSR count). The lowest BCUT2D eigenvalue weighted by atomic mass is 10.3. The van der Waals surface area contributed by atoms with Gasteiger partial charge in [-0.1, -0.05) is 6.92 Å². The van der Waals surface area contributed by atoms with Crippen LogP contribution >= 0.6 is 12.4 Å². The van der Waals surface area contributed by atoms with Crippen molar-refractivity contribution in [1.82, 2.24) is 10.0 Å². The standard InChI is InChI=1S/C15H26N2O4S.ClH/c1-4-9-16-10-11-17-22(18,19)13-7-8-14(20-5-2)15(12-13)21-6-3;/h7-8,12,16-17H,4-6,9-11H2,1-3H3;1H. The molecule has 0 aliphatic heterocycles. The zero-order valence-corrected chi connectivity index (χ0v) is 15.6. The fourth-order valence-corrected chi connectivity index (χ4v) is 2.90. The van der Waals surface area contributed by atoms with Crippen LogP contribution in [0.5, 0.6) is 11.5 Å². The van der Waals surface area contributed by atoms with E-state index in [2.05, 4.69) is 17.0 Å². The van der Waals surface area contributed by atoms with Crippen LogP contribution in [-0.2, 0) is 10.0 Å². The molecule has 0 saturated carbocycles. The SMILES string of the molecule is CCCNCCNS(=O)(=O)c1ccc(OCC)c(OCC)c1.Cl. The molecule has 23 heavy (non-hydrogen) atoms. The summed E-state index contributed by atoms with van der Waals surface area (Å²) in [5.74, 6) is 0.990. The van der Waals surface area contributed by atoms with Gasteiger partial charge in [0.05, 0.1) is 18.1 Å². The molecule has 0 amide bonds. The molecule has 0 heterocycles. The van der Waals surface area contributed by atoms with E-state index >= 15 is 0 Å². The van der Waals surface area contributed by atoms with Gasteiger partial charge in [0.25, 0.3) is 0 Å². The Labute approximate surface area is 145 Å². The first-order valence-corrected chi connectivity index (χ1v) is 9.13. The molecule has 1 aromatic rings. The first kappa shape index (κ1) is 22.0.